The van der Waals surface area contributed by atoms with Crippen LogP contribution in [0, 0.1) is 0 Å². The van der Waals surface area contributed by atoms with E-state index in [1.807, 2.05) is 12.2 Å². The highest BCUT2D eigenvalue weighted by molar-refractivity contribution is 7.89. The lowest BCUT2D eigenvalue weighted by Crippen LogP contribution is -2.24. The van der Waals surface area contributed by atoms with Crippen LogP contribution in [0.1, 0.15) is 35.9 Å². The number of amides is 1. The summed E-state index contributed by atoms with van der Waals surface area (Å²) in [4.78, 5) is 12.1. The van der Waals surface area contributed by atoms with Gasteiger partial charge in [-0.05, 0) is 56.2 Å². The molecule has 3 rings (SSSR count). The van der Waals surface area contributed by atoms with E-state index in [1.54, 1.807) is 25.1 Å². The van der Waals surface area contributed by atoms with Gasteiger partial charge in [-0.25, -0.2) is 13.6 Å². The molecule has 0 fully saturated rings. The number of ether oxygens (including phenoxy) is 1. The summed E-state index contributed by atoms with van der Waals surface area (Å²) in [5, 5.41) is 11.2. The maximum Gasteiger partial charge on any atom is 0.251 e. The van der Waals surface area contributed by atoms with Gasteiger partial charge in [0.05, 0.1) is 18.5 Å². The molecule has 1 amide bonds. The van der Waals surface area contributed by atoms with E-state index in [-0.39, 0.29) is 22.8 Å². The van der Waals surface area contributed by atoms with E-state index in [1.165, 1.54) is 18.4 Å². The van der Waals surface area contributed by atoms with Crippen LogP contribution in [0.5, 0.6) is 5.75 Å². The number of rotatable bonds is 8. The molecule has 0 unspecified atom stereocenters. The maximum absolute atomic E-state index is 12.4. The zero-order valence-electron chi connectivity index (χ0n) is 16.0. The minimum absolute atomic E-state index is 0.0323. The number of nitrogens with one attached hydrogen (secondary N) is 2. The largest absolute Gasteiger partial charge is 0.467 e. The van der Waals surface area contributed by atoms with Gasteiger partial charge in [0.2, 0.25) is 10.0 Å². The van der Waals surface area contributed by atoms with Crippen molar-refractivity contribution in [1.82, 2.24) is 5.32 Å². The summed E-state index contributed by atoms with van der Waals surface area (Å²) in [7, 11) is -4.17. The van der Waals surface area contributed by atoms with E-state index in [9.17, 15) is 13.2 Å². The predicted molar refractivity (Wildman–Crippen MR) is 109 cm³/mol. The molecule has 0 bridgehead atoms. The summed E-state index contributed by atoms with van der Waals surface area (Å²) >= 11 is 0. The van der Waals surface area contributed by atoms with Crippen molar-refractivity contribution in [2.45, 2.75) is 31.2 Å². The highest BCUT2D eigenvalue weighted by Crippen LogP contribution is 2.36. The van der Waals surface area contributed by atoms with Crippen molar-refractivity contribution in [3.63, 3.8) is 0 Å². The summed E-state index contributed by atoms with van der Waals surface area (Å²) in [5.74, 6) is 0.757. The molecule has 2 aromatic rings. The van der Waals surface area contributed by atoms with Gasteiger partial charge in [0.25, 0.3) is 5.91 Å². The Kier molecular flexibility index (Phi) is 6.40. The number of hydrogen-bond acceptors (Lipinski definition) is 6. The average molecular weight is 417 g/mol. The first-order valence-corrected chi connectivity index (χ1v) is 10.7. The summed E-state index contributed by atoms with van der Waals surface area (Å²) in [5.41, 5.74) is 0.465. The van der Waals surface area contributed by atoms with Gasteiger partial charge in [-0.1, -0.05) is 6.08 Å². The van der Waals surface area contributed by atoms with E-state index in [0.29, 0.717) is 23.8 Å². The van der Waals surface area contributed by atoms with Gasteiger partial charge in [-0.3, -0.25) is 4.79 Å². The molecule has 4 N–H and O–H groups in total. The van der Waals surface area contributed by atoms with E-state index in [2.05, 4.69) is 10.6 Å². The van der Waals surface area contributed by atoms with Crippen LogP contribution in [0.2, 0.25) is 0 Å². The summed E-state index contributed by atoms with van der Waals surface area (Å²) in [6, 6.07) is 6.27. The van der Waals surface area contributed by atoms with Crippen molar-refractivity contribution < 1.29 is 22.4 Å². The Labute approximate surface area is 169 Å². The Morgan fingerprint density at radius 1 is 1.31 bits per heavy atom. The van der Waals surface area contributed by atoms with Gasteiger partial charge in [0, 0.05) is 12.1 Å². The van der Waals surface area contributed by atoms with Crippen LogP contribution in [0.15, 0.2) is 63.8 Å². The molecule has 0 saturated carbocycles. The van der Waals surface area contributed by atoms with Crippen LogP contribution in [0.4, 0.5) is 5.69 Å². The molecule has 0 spiro atoms. The Hall–Kier alpha value is -3.04. The van der Waals surface area contributed by atoms with Crippen LogP contribution < -0.4 is 20.5 Å². The van der Waals surface area contributed by atoms with Crippen LogP contribution in [-0.4, -0.2) is 20.9 Å². The summed E-state index contributed by atoms with van der Waals surface area (Å²) < 4.78 is 35.8. The third-order valence-electron chi connectivity index (χ3n) is 4.17. The number of carbonyl (C=O) groups excluding carboxylic acids is 1. The monoisotopic (exact) mass is 417 g/mol. The fourth-order valence-corrected chi connectivity index (χ4v) is 3.52. The first kappa shape index (κ1) is 20.7. The van der Waals surface area contributed by atoms with E-state index >= 15 is 0 Å². The number of carbonyl (C=O) groups is 1. The lowest BCUT2D eigenvalue weighted by atomic mass is 10.1. The molecule has 1 aliphatic carbocycles. The van der Waals surface area contributed by atoms with E-state index in [0.717, 1.165) is 12.8 Å². The molecule has 0 aliphatic heterocycles. The third-order valence-corrected chi connectivity index (χ3v) is 5.09. The third kappa shape index (κ3) is 5.27. The number of nitrogens with two attached hydrogens (primary N) is 1. The Morgan fingerprint density at radius 3 is 2.76 bits per heavy atom. The predicted octanol–water partition coefficient (Wildman–Crippen LogP) is 2.90. The van der Waals surface area contributed by atoms with Gasteiger partial charge >= 0.3 is 0 Å². The molecular formula is C20H23N3O5S. The lowest BCUT2D eigenvalue weighted by Gasteiger charge is -2.18. The molecule has 154 valence electrons. The van der Waals surface area contributed by atoms with Gasteiger partial charge < -0.3 is 19.8 Å². The highest BCUT2D eigenvalue weighted by atomic mass is 32.2. The second-order valence-corrected chi connectivity index (χ2v) is 7.91. The SMILES string of the molecule is CCNC(=O)c1cc(NCc2ccco2)c(OC2=CCCC=C2)c(S(N)(=O)=O)c1. The normalized spacial score (nSPS) is 13.7. The number of anilines is 1. The number of hydrogen-bond donors (Lipinski definition) is 3. The van der Waals surface area contributed by atoms with Crippen molar-refractivity contribution in [2.75, 3.05) is 11.9 Å². The zero-order valence-corrected chi connectivity index (χ0v) is 16.8. The molecule has 0 saturated heterocycles. The average Bonchev–Trinajstić information content (AvgIpc) is 3.20. The molecule has 0 atom stereocenters. The summed E-state index contributed by atoms with van der Waals surface area (Å²) in [6.45, 7) is 2.43. The molecule has 0 radical (unpaired) electrons. The second-order valence-electron chi connectivity index (χ2n) is 6.38. The first-order chi connectivity index (χ1) is 13.9. The van der Waals surface area contributed by atoms with E-state index < -0.39 is 15.9 Å². The topological polar surface area (TPSA) is 124 Å². The van der Waals surface area contributed by atoms with Gasteiger partial charge in [0.15, 0.2) is 5.75 Å². The molecule has 29 heavy (non-hydrogen) atoms. The Bertz CT molecular complexity index is 1040. The quantitative estimate of drug-likeness (QED) is 0.607. The van der Waals surface area contributed by atoms with Crippen molar-refractivity contribution in [3.05, 3.63) is 65.8 Å². The number of sulfonamides is 1. The van der Waals surface area contributed by atoms with Crippen molar-refractivity contribution >= 4 is 21.6 Å². The van der Waals surface area contributed by atoms with Crippen LogP contribution in [0.3, 0.4) is 0 Å². The molecule has 1 aromatic carbocycles. The van der Waals surface area contributed by atoms with Crippen molar-refractivity contribution in [1.29, 1.82) is 0 Å². The Morgan fingerprint density at radius 2 is 2.14 bits per heavy atom. The van der Waals surface area contributed by atoms with Crippen LogP contribution in [-0.2, 0) is 16.6 Å². The fourth-order valence-electron chi connectivity index (χ4n) is 2.82. The van der Waals surface area contributed by atoms with Gasteiger partial charge in [0.1, 0.15) is 16.4 Å². The maximum atomic E-state index is 12.4. The van der Waals surface area contributed by atoms with Crippen molar-refractivity contribution in [2.24, 2.45) is 5.14 Å². The summed E-state index contributed by atoms with van der Waals surface area (Å²) in [6.07, 6.45) is 8.76. The second kappa shape index (κ2) is 8.97. The molecule has 1 aromatic heterocycles. The fraction of sp³-hybridized carbons (Fsp3) is 0.250. The number of primary sulfonamides is 1. The Balaban J connectivity index is 2.08. The molecule has 1 heterocycles. The van der Waals surface area contributed by atoms with Crippen molar-refractivity contribution in [3.8, 4) is 5.75 Å². The minimum Gasteiger partial charge on any atom is -0.467 e. The molecule has 8 nitrogen and oxygen atoms in total. The van der Waals surface area contributed by atoms with Crippen LogP contribution >= 0.6 is 0 Å². The minimum atomic E-state index is -4.17. The van der Waals surface area contributed by atoms with Gasteiger partial charge in [-0.2, -0.15) is 0 Å². The standard InChI is InChI=1S/C20H23N3O5S/c1-2-22-20(24)14-11-17(23-13-16-9-6-10-27-16)19(18(12-14)29(21,25)26)28-15-7-4-3-5-8-15/h4,6-12,23H,2-3,5,13H2,1H3,(H,22,24)(H2,21,25,26). The number of furan rings is 1. The molecular weight excluding hydrogens is 394 g/mol. The lowest BCUT2D eigenvalue weighted by molar-refractivity contribution is 0.0955. The highest BCUT2D eigenvalue weighted by Gasteiger charge is 2.24. The molecule has 9 heteroatoms. The molecule has 1 aliphatic rings. The first-order valence-electron chi connectivity index (χ1n) is 9.18. The smallest absolute Gasteiger partial charge is 0.251 e. The van der Waals surface area contributed by atoms with Gasteiger partial charge in [-0.15, -0.1) is 0 Å². The number of allylic oxidation sites excluding steroid dienone is 3. The van der Waals surface area contributed by atoms with E-state index in [4.69, 9.17) is 14.3 Å². The zero-order chi connectivity index (χ0) is 20.9. The van der Waals surface area contributed by atoms with Crippen LogP contribution in [0.25, 0.3) is 0 Å². The number of benzene rings is 1.